The predicted molar refractivity (Wildman–Crippen MR) is 68.9 cm³/mol. The normalized spacial score (nSPS) is 14.6. The highest BCUT2D eigenvalue weighted by molar-refractivity contribution is 7.98. The first-order valence-electron chi connectivity index (χ1n) is 5.54. The lowest BCUT2D eigenvalue weighted by Gasteiger charge is -2.21. The molecular formula is C13H16N2S. The molecular weight excluding hydrogens is 216 g/mol. The molecule has 0 aromatic heterocycles. The van der Waals surface area contributed by atoms with E-state index in [0.717, 1.165) is 28.6 Å². The van der Waals surface area contributed by atoms with E-state index in [4.69, 9.17) is 0 Å². The fourth-order valence-corrected chi connectivity index (χ4v) is 2.48. The monoisotopic (exact) mass is 232 g/mol. The summed E-state index contributed by atoms with van der Waals surface area (Å²) in [5.41, 5.74) is 1.89. The summed E-state index contributed by atoms with van der Waals surface area (Å²) in [5, 5.41) is 9.24. The second-order valence-corrected chi connectivity index (χ2v) is 5.14. The Bertz CT molecular complexity index is 418. The number of anilines is 1. The van der Waals surface area contributed by atoms with Gasteiger partial charge in [0.2, 0.25) is 0 Å². The molecule has 0 unspecified atom stereocenters. The Kier molecular flexibility index (Phi) is 3.40. The first-order valence-corrected chi connectivity index (χ1v) is 6.77. The standard InChI is InChI=1S/C13H16N2S/c1-15(9-10-6-7-10)12-4-3-5-13(16-2)11(12)8-14/h3-5,10H,6-7,9H2,1-2H3. The maximum absolute atomic E-state index is 9.24. The van der Waals surface area contributed by atoms with Gasteiger partial charge < -0.3 is 4.90 Å². The van der Waals surface area contributed by atoms with E-state index in [-0.39, 0.29) is 0 Å². The number of nitrogens with zero attached hydrogens (tertiary/aromatic N) is 2. The van der Waals surface area contributed by atoms with Gasteiger partial charge in [0, 0.05) is 18.5 Å². The molecule has 0 heterocycles. The number of rotatable bonds is 4. The highest BCUT2D eigenvalue weighted by atomic mass is 32.2. The molecule has 1 aliphatic carbocycles. The number of thioether (sulfide) groups is 1. The van der Waals surface area contributed by atoms with Crippen LogP contribution in [0.15, 0.2) is 23.1 Å². The van der Waals surface area contributed by atoms with Gasteiger partial charge in [-0.2, -0.15) is 5.26 Å². The summed E-state index contributed by atoms with van der Waals surface area (Å²) in [6.45, 7) is 1.08. The summed E-state index contributed by atoms with van der Waals surface area (Å²) in [6, 6.07) is 8.41. The molecule has 0 radical (unpaired) electrons. The van der Waals surface area contributed by atoms with Crippen molar-refractivity contribution in [2.75, 3.05) is 24.7 Å². The molecule has 1 fully saturated rings. The lowest BCUT2D eigenvalue weighted by Crippen LogP contribution is -2.21. The van der Waals surface area contributed by atoms with Crippen LogP contribution < -0.4 is 4.90 Å². The molecule has 3 heteroatoms. The first kappa shape index (κ1) is 11.3. The smallest absolute Gasteiger partial charge is 0.102 e. The highest BCUT2D eigenvalue weighted by Gasteiger charge is 2.24. The molecule has 0 saturated heterocycles. The van der Waals surface area contributed by atoms with E-state index in [1.165, 1.54) is 12.8 Å². The lowest BCUT2D eigenvalue weighted by molar-refractivity contribution is 0.785. The van der Waals surface area contributed by atoms with Gasteiger partial charge in [-0.1, -0.05) is 6.07 Å². The van der Waals surface area contributed by atoms with Crippen LogP contribution >= 0.6 is 11.8 Å². The largest absolute Gasteiger partial charge is 0.373 e. The van der Waals surface area contributed by atoms with Crippen LogP contribution in [0.3, 0.4) is 0 Å². The molecule has 84 valence electrons. The quantitative estimate of drug-likeness (QED) is 0.746. The van der Waals surface area contributed by atoms with Gasteiger partial charge in [0.15, 0.2) is 0 Å². The Balaban J connectivity index is 2.27. The minimum Gasteiger partial charge on any atom is -0.373 e. The van der Waals surface area contributed by atoms with Crippen molar-refractivity contribution in [1.82, 2.24) is 0 Å². The van der Waals surface area contributed by atoms with Crippen molar-refractivity contribution in [2.24, 2.45) is 5.92 Å². The van der Waals surface area contributed by atoms with Crippen LogP contribution in [0.4, 0.5) is 5.69 Å². The summed E-state index contributed by atoms with van der Waals surface area (Å²) < 4.78 is 0. The Morgan fingerprint density at radius 3 is 2.81 bits per heavy atom. The van der Waals surface area contributed by atoms with Gasteiger partial charge in [0.1, 0.15) is 6.07 Å². The summed E-state index contributed by atoms with van der Waals surface area (Å²) in [4.78, 5) is 3.29. The molecule has 0 spiro atoms. The molecule has 16 heavy (non-hydrogen) atoms. The van der Waals surface area contributed by atoms with Crippen molar-refractivity contribution < 1.29 is 0 Å². The third kappa shape index (κ3) is 2.33. The lowest BCUT2D eigenvalue weighted by atomic mass is 10.1. The molecule has 1 aromatic rings. The molecule has 1 aliphatic rings. The van der Waals surface area contributed by atoms with Crippen molar-refractivity contribution in [1.29, 1.82) is 5.26 Å². The van der Waals surface area contributed by atoms with Crippen molar-refractivity contribution in [3.05, 3.63) is 23.8 Å². The minimum atomic E-state index is 0.818. The zero-order valence-electron chi connectivity index (χ0n) is 9.73. The molecule has 0 amide bonds. The van der Waals surface area contributed by atoms with E-state index in [9.17, 15) is 5.26 Å². The zero-order valence-corrected chi connectivity index (χ0v) is 10.5. The molecule has 0 N–H and O–H groups in total. The van der Waals surface area contributed by atoms with E-state index >= 15 is 0 Å². The summed E-state index contributed by atoms with van der Waals surface area (Å²) >= 11 is 1.64. The average Bonchev–Trinajstić information content (AvgIpc) is 3.11. The van der Waals surface area contributed by atoms with Gasteiger partial charge in [-0.05, 0) is 37.1 Å². The van der Waals surface area contributed by atoms with Crippen LogP contribution in [0, 0.1) is 17.2 Å². The Hall–Kier alpha value is -1.14. The molecule has 1 aromatic carbocycles. The van der Waals surface area contributed by atoms with E-state index in [1.54, 1.807) is 11.8 Å². The van der Waals surface area contributed by atoms with Crippen molar-refractivity contribution in [2.45, 2.75) is 17.7 Å². The van der Waals surface area contributed by atoms with E-state index < -0.39 is 0 Å². The number of hydrogen-bond acceptors (Lipinski definition) is 3. The second-order valence-electron chi connectivity index (χ2n) is 4.29. The molecule has 0 atom stereocenters. The molecule has 0 bridgehead atoms. The van der Waals surface area contributed by atoms with Crippen LogP contribution in [-0.2, 0) is 0 Å². The summed E-state index contributed by atoms with van der Waals surface area (Å²) in [5.74, 6) is 0.842. The summed E-state index contributed by atoms with van der Waals surface area (Å²) in [6.07, 6.45) is 4.70. The second kappa shape index (κ2) is 4.80. The average molecular weight is 232 g/mol. The topological polar surface area (TPSA) is 27.0 Å². The maximum Gasteiger partial charge on any atom is 0.102 e. The Morgan fingerprint density at radius 2 is 2.25 bits per heavy atom. The first-order chi connectivity index (χ1) is 7.76. The van der Waals surface area contributed by atoms with Gasteiger partial charge in [0.25, 0.3) is 0 Å². The SMILES string of the molecule is CSc1cccc(N(C)CC2CC2)c1C#N. The number of hydrogen-bond donors (Lipinski definition) is 0. The van der Waals surface area contributed by atoms with Gasteiger partial charge >= 0.3 is 0 Å². The van der Waals surface area contributed by atoms with E-state index in [2.05, 4.69) is 18.0 Å². The van der Waals surface area contributed by atoms with Crippen LogP contribution in [0.5, 0.6) is 0 Å². The third-order valence-corrected chi connectivity index (χ3v) is 3.76. The molecule has 2 rings (SSSR count). The van der Waals surface area contributed by atoms with Crippen LogP contribution in [-0.4, -0.2) is 19.8 Å². The van der Waals surface area contributed by atoms with E-state index in [0.29, 0.717) is 0 Å². The van der Waals surface area contributed by atoms with Crippen LogP contribution in [0.25, 0.3) is 0 Å². The van der Waals surface area contributed by atoms with Crippen LogP contribution in [0.2, 0.25) is 0 Å². The van der Waals surface area contributed by atoms with Gasteiger partial charge in [-0.15, -0.1) is 11.8 Å². The van der Waals surface area contributed by atoms with Gasteiger partial charge in [0.05, 0.1) is 11.3 Å². The van der Waals surface area contributed by atoms with Crippen molar-refractivity contribution >= 4 is 17.4 Å². The Labute approximate surface area is 101 Å². The van der Waals surface area contributed by atoms with E-state index in [1.807, 2.05) is 24.5 Å². The van der Waals surface area contributed by atoms with Crippen LogP contribution in [0.1, 0.15) is 18.4 Å². The fraction of sp³-hybridized carbons (Fsp3) is 0.462. The third-order valence-electron chi connectivity index (χ3n) is 2.98. The Morgan fingerprint density at radius 1 is 1.50 bits per heavy atom. The number of benzene rings is 1. The maximum atomic E-state index is 9.24. The number of nitriles is 1. The fourth-order valence-electron chi connectivity index (χ4n) is 1.91. The highest BCUT2D eigenvalue weighted by Crippen LogP contribution is 2.33. The molecule has 1 saturated carbocycles. The van der Waals surface area contributed by atoms with Crippen molar-refractivity contribution in [3.8, 4) is 6.07 Å². The zero-order chi connectivity index (χ0) is 11.5. The summed E-state index contributed by atoms with van der Waals surface area (Å²) in [7, 11) is 2.08. The minimum absolute atomic E-state index is 0.818. The molecule has 2 nitrogen and oxygen atoms in total. The van der Waals surface area contributed by atoms with Gasteiger partial charge in [-0.25, -0.2) is 0 Å². The predicted octanol–water partition coefficient (Wildman–Crippen LogP) is 3.13. The molecule has 0 aliphatic heterocycles. The van der Waals surface area contributed by atoms with Crippen molar-refractivity contribution in [3.63, 3.8) is 0 Å². The van der Waals surface area contributed by atoms with Gasteiger partial charge in [-0.3, -0.25) is 0 Å².